The topological polar surface area (TPSA) is 50.4 Å². The van der Waals surface area contributed by atoms with Crippen LogP contribution in [-0.2, 0) is 9.53 Å². The summed E-state index contributed by atoms with van der Waals surface area (Å²) in [4.78, 5) is 11.6. The predicted octanol–water partition coefficient (Wildman–Crippen LogP) is 2.19. The Balaban J connectivity index is 2.31. The lowest BCUT2D eigenvalue weighted by Gasteiger charge is -2.17. The molecule has 0 aliphatic carbocycles. The minimum Gasteiger partial charge on any atom is -0.383 e. The molecule has 0 saturated carbocycles. The number of amides is 1. The Morgan fingerprint density at radius 2 is 1.95 bits per heavy atom. The number of hydrogen-bond acceptors (Lipinski definition) is 3. The number of rotatable bonds is 9. The SMILES string of the molecule is CCC(NCCC(=O)NCCOC)c1ccc(C)cc1. The highest BCUT2D eigenvalue weighted by Crippen LogP contribution is 2.16. The van der Waals surface area contributed by atoms with Crippen molar-refractivity contribution < 1.29 is 9.53 Å². The average Bonchev–Trinajstić information content (AvgIpc) is 2.45. The van der Waals surface area contributed by atoms with Crippen molar-refractivity contribution in [3.05, 3.63) is 35.4 Å². The second-order valence-corrected chi connectivity index (χ2v) is 4.92. The van der Waals surface area contributed by atoms with Crippen LogP contribution >= 0.6 is 0 Å². The Hall–Kier alpha value is -1.39. The van der Waals surface area contributed by atoms with Crippen molar-refractivity contribution in [2.45, 2.75) is 32.7 Å². The fraction of sp³-hybridized carbons (Fsp3) is 0.562. The molecule has 0 aliphatic rings. The van der Waals surface area contributed by atoms with Crippen molar-refractivity contribution in [3.8, 4) is 0 Å². The highest BCUT2D eigenvalue weighted by Gasteiger charge is 2.09. The van der Waals surface area contributed by atoms with Gasteiger partial charge in [0.15, 0.2) is 0 Å². The molecule has 2 N–H and O–H groups in total. The Morgan fingerprint density at radius 3 is 2.55 bits per heavy atom. The summed E-state index contributed by atoms with van der Waals surface area (Å²) in [6.45, 7) is 6.05. The molecule has 0 bridgehead atoms. The van der Waals surface area contributed by atoms with Crippen LogP contribution in [-0.4, -0.2) is 32.7 Å². The molecule has 1 rings (SSSR count). The molecule has 1 atom stereocenters. The number of aryl methyl sites for hydroxylation is 1. The van der Waals surface area contributed by atoms with Gasteiger partial charge in [0.05, 0.1) is 6.61 Å². The van der Waals surface area contributed by atoms with E-state index in [1.165, 1.54) is 11.1 Å². The van der Waals surface area contributed by atoms with Gasteiger partial charge in [-0.1, -0.05) is 36.8 Å². The smallest absolute Gasteiger partial charge is 0.221 e. The first-order valence-electron chi connectivity index (χ1n) is 7.23. The quantitative estimate of drug-likeness (QED) is 0.681. The van der Waals surface area contributed by atoms with E-state index in [4.69, 9.17) is 4.74 Å². The monoisotopic (exact) mass is 278 g/mol. The van der Waals surface area contributed by atoms with E-state index in [1.54, 1.807) is 7.11 Å². The van der Waals surface area contributed by atoms with Crippen LogP contribution in [0, 0.1) is 6.92 Å². The summed E-state index contributed by atoms with van der Waals surface area (Å²) in [5, 5.41) is 6.25. The summed E-state index contributed by atoms with van der Waals surface area (Å²) in [5.41, 5.74) is 2.54. The maximum atomic E-state index is 11.6. The number of hydrogen-bond donors (Lipinski definition) is 2. The van der Waals surface area contributed by atoms with Crippen molar-refractivity contribution >= 4 is 5.91 Å². The largest absolute Gasteiger partial charge is 0.383 e. The minimum atomic E-state index is 0.0632. The van der Waals surface area contributed by atoms with Crippen molar-refractivity contribution in [3.63, 3.8) is 0 Å². The van der Waals surface area contributed by atoms with Gasteiger partial charge >= 0.3 is 0 Å². The average molecular weight is 278 g/mol. The van der Waals surface area contributed by atoms with Crippen molar-refractivity contribution in [2.24, 2.45) is 0 Å². The third-order valence-electron chi connectivity index (χ3n) is 3.26. The van der Waals surface area contributed by atoms with Gasteiger partial charge in [0.25, 0.3) is 0 Å². The highest BCUT2D eigenvalue weighted by molar-refractivity contribution is 5.76. The van der Waals surface area contributed by atoms with Gasteiger partial charge in [0, 0.05) is 32.7 Å². The molecule has 0 aliphatic heterocycles. The van der Waals surface area contributed by atoms with E-state index in [0.717, 1.165) is 6.42 Å². The van der Waals surface area contributed by atoms with Crippen LogP contribution in [0.4, 0.5) is 0 Å². The van der Waals surface area contributed by atoms with E-state index in [0.29, 0.717) is 32.2 Å². The molecule has 4 heteroatoms. The van der Waals surface area contributed by atoms with Crippen molar-refractivity contribution in [2.75, 3.05) is 26.8 Å². The molecule has 1 aromatic rings. The maximum Gasteiger partial charge on any atom is 0.221 e. The van der Waals surface area contributed by atoms with Gasteiger partial charge in [-0.05, 0) is 18.9 Å². The van der Waals surface area contributed by atoms with Gasteiger partial charge in [-0.25, -0.2) is 0 Å². The molecule has 1 aromatic carbocycles. The zero-order chi connectivity index (χ0) is 14.8. The third-order valence-corrected chi connectivity index (χ3v) is 3.26. The van der Waals surface area contributed by atoms with Crippen LogP contribution < -0.4 is 10.6 Å². The van der Waals surface area contributed by atoms with Crippen molar-refractivity contribution in [1.82, 2.24) is 10.6 Å². The van der Waals surface area contributed by atoms with Gasteiger partial charge in [-0.2, -0.15) is 0 Å². The number of nitrogens with one attached hydrogen (secondary N) is 2. The number of ether oxygens (including phenoxy) is 1. The lowest BCUT2D eigenvalue weighted by atomic mass is 10.0. The zero-order valence-electron chi connectivity index (χ0n) is 12.7. The van der Waals surface area contributed by atoms with Gasteiger partial charge in [0.1, 0.15) is 0 Å². The molecule has 0 saturated heterocycles. The van der Waals surface area contributed by atoms with Crippen LogP contribution in [0.1, 0.15) is 36.9 Å². The summed E-state index contributed by atoms with van der Waals surface area (Å²) in [6, 6.07) is 8.85. The standard InChI is InChI=1S/C16H26N2O2/c1-4-15(14-7-5-13(2)6-8-14)17-10-9-16(19)18-11-12-20-3/h5-8,15,17H,4,9-12H2,1-3H3,(H,18,19). The summed E-state index contributed by atoms with van der Waals surface area (Å²) >= 11 is 0. The van der Waals surface area contributed by atoms with E-state index in [9.17, 15) is 4.79 Å². The van der Waals surface area contributed by atoms with Gasteiger partial charge in [-0.3, -0.25) is 4.79 Å². The van der Waals surface area contributed by atoms with Gasteiger partial charge in [-0.15, -0.1) is 0 Å². The molecule has 0 spiro atoms. The van der Waals surface area contributed by atoms with Crippen LogP contribution in [0.3, 0.4) is 0 Å². The first-order valence-corrected chi connectivity index (χ1v) is 7.23. The Morgan fingerprint density at radius 1 is 1.25 bits per heavy atom. The molecule has 4 nitrogen and oxygen atoms in total. The van der Waals surface area contributed by atoms with Crippen LogP contribution in [0.5, 0.6) is 0 Å². The number of benzene rings is 1. The first-order chi connectivity index (χ1) is 9.67. The van der Waals surface area contributed by atoms with Gasteiger partial charge < -0.3 is 15.4 Å². The summed E-state index contributed by atoms with van der Waals surface area (Å²) in [6.07, 6.45) is 1.50. The molecule has 1 amide bonds. The maximum absolute atomic E-state index is 11.6. The van der Waals surface area contributed by atoms with E-state index in [-0.39, 0.29) is 5.91 Å². The van der Waals surface area contributed by atoms with Crippen LogP contribution in [0.25, 0.3) is 0 Å². The van der Waals surface area contributed by atoms with Crippen molar-refractivity contribution in [1.29, 1.82) is 0 Å². The minimum absolute atomic E-state index is 0.0632. The summed E-state index contributed by atoms with van der Waals surface area (Å²) < 4.78 is 4.89. The molecule has 112 valence electrons. The summed E-state index contributed by atoms with van der Waals surface area (Å²) in [5.74, 6) is 0.0632. The lowest BCUT2D eigenvalue weighted by Crippen LogP contribution is -2.31. The molecule has 20 heavy (non-hydrogen) atoms. The fourth-order valence-electron chi connectivity index (χ4n) is 2.04. The van der Waals surface area contributed by atoms with Crippen LogP contribution in [0.2, 0.25) is 0 Å². The number of carbonyl (C=O) groups excluding carboxylic acids is 1. The van der Waals surface area contributed by atoms with E-state index in [2.05, 4.69) is 48.7 Å². The normalized spacial score (nSPS) is 12.2. The number of carbonyl (C=O) groups is 1. The van der Waals surface area contributed by atoms with E-state index in [1.807, 2.05) is 0 Å². The van der Waals surface area contributed by atoms with Crippen LogP contribution in [0.15, 0.2) is 24.3 Å². The first kappa shape index (κ1) is 16.7. The Kier molecular flexibility index (Phi) is 7.92. The number of methoxy groups -OCH3 is 1. The lowest BCUT2D eigenvalue weighted by molar-refractivity contribution is -0.121. The second kappa shape index (κ2) is 9.50. The molecule has 0 radical (unpaired) electrons. The molecule has 0 aromatic heterocycles. The Bertz CT molecular complexity index is 390. The predicted molar refractivity (Wildman–Crippen MR) is 81.7 cm³/mol. The Labute approximate surface area is 121 Å². The van der Waals surface area contributed by atoms with E-state index >= 15 is 0 Å². The summed E-state index contributed by atoms with van der Waals surface area (Å²) in [7, 11) is 1.63. The van der Waals surface area contributed by atoms with E-state index < -0.39 is 0 Å². The molecular formula is C16H26N2O2. The molecular weight excluding hydrogens is 252 g/mol. The molecule has 0 fully saturated rings. The zero-order valence-corrected chi connectivity index (χ0v) is 12.7. The highest BCUT2D eigenvalue weighted by atomic mass is 16.5. The fourth-order valence-corrected chi connectivity index (χ4v) is 2.04. The third kappa shape index (κ3) is 6.17. The molecule has 1 unspecified atom stereocenters. The second-order valence-electron chi connectivity index (χ2n) is 4.92. The molecule has 0 heterocycles. The van der Waals surface area contributed by atoms with Gasteiger partial charge in [0.2, 0.25) is 5.91 Å².